The molecule has 3 N–H and O–H groups in total. The number of rotatable bonds is 3. The van der Waals surface area contributed by atoms with E-state index >= 15 is 0 Å². The highest BCUT2D eigenvalue weighted by molar-refractivity contribution is 7.80. The maximum absolute atomic E-state index is 13.2. The first kappa shape index (κ1) is 12.7. The molecule has 0 saturated carbocycles. The molecular formula is C9H9ClFN3OS. The van der Waals surface area contributed by atoms with Gasteiger partial charge in [-0.1, -0.05) is 11.6 Å². The lowest BCUT2D eigenvalue weighted by Gasteiger charge is -2.06. The van der Waals surface area contributed by atoms with Crippen LogP contribution in [0.5, 0.6) is 5.75 Å². The fraction of sp³-hybridized carbons (Fsp3) is 0.111. The number of halogens is 2. The van der Waals surface area contributed by atoms with Gasteiger partial charge in [0.2, 0.25) is 0 Å². The van der Waals surface area contributed by atoms with E-state index < -0.39 is 5.82 Å². The van der Waals surface area contributed by atoms with E-state index in [4.69, 9.17) is 22.1 Å². The number of hydrazone groups is 1. The molecule has 0 unspecified atom stereocenters. The second-order valence-electron chi connectivity index (χ2n) is 2.71. The van der Waals surface area contributed by atoms with Gasteiger partial charge in [0, 0.05) is 0 Å². The summed E-state index contributed by atoms with van der Waals surface area (Å²) in [4.78, 5) is 0. The Balaban J connectivity index is 3.05. The minimum atomic E-state index is -0.556. The molecule has 86 valence electrons. The molecule has 0 heterocycles. The van der Waals surface area contributed by atoms with Gasteiger partial charge in [-0.25, -0.2) is 4.39 Å². The van der Waals surface area contributed by atoms with Crippen molar-refractivity contribution in [2.24, 2.45) is 10.8 Å². The second kappa shape index (κ2) is 5.62. The van der Waals surface area contributed by atoms with Crippen LogP contribution in [0.25, 0.3) is 0 Å². The molecule has 1 rings (SSSR count). The van der Waals surface area contributed by atoms with Crippen molar-refractivity contribution in [3.8, 4) is 5.75 Å². The molecule has 16 heavy (non-hydrogen) atoms. The highest BCUT2D eigenvalue weighted by Gasteiger charge is 2.10. The monoisotopic (exact) mass is 261 g/mol. The highest BCUT2D eigenvalue weighted by atomic mass is 35.5. The lowest BCUT2D eigenvalue weighted by atomic mass is 10.2. The lowest BCUT2D eigenvalue weighted by Crippen LogP contribution is -2.24. The number of nitrogens with one attached hydrogen (secondary N) is 1. The van der Waals surface area contributed by atoms with Crippen LogP contribution in [0, 0.1) is 5.82 Å². The summed E-state index contributed by atoms with van der Waals surface area (Å²) in [7, 11) is 1.45. The minimum Gasteiger partial charge on any atom is -0.496 e. The Hall–Kier alpha value is -1.40. The average molecular weight is 262 g/mol. The Bertz CT molecular complexity index is 439. The SMILES string of the molecule is COc1ccc(F)c(Cl)c1C=NNC(N)=S. The summed E-state index contributed by atoms with van der Waals surface area (Å²) in [6.45, 7) is 0. The standard InChI is InChI=1S/C9H9ClFN3OS/c1-15-7-3-2-6(11)8(10)5(7)4-13-14-9(12)16/h2-4H,1H3,(H3,12,14,16). The fourth-order valence-electron chi connectivity index (χ4n) is 1.01. The van der Waals surface area contributed by atoms with Crippen molar-refractivity contribution in [2.75, 3.05) is 7.11 Å². The van der Waals surface area contributed by atoms with Gasteiger partial charge >= 0.3 is 0 Å². The van der Waals surface area contributed by atoms with Crippen LogP contribution in [0.1, 0.15) is 5.56 Å². The zero-order valence-corrected chi connectivity index (χ0v) is 9.90. The van der Waals surface area contributed by atoms with Crippen LogP contribution in [-0.4, -0.2) is 18.4 Å². The molecule has 1 aromatic rings. The van der Waals surface area contributed by atoms with Crippen molar-refractivity contribution < 1.29 is 9.13 Å². The van der Waals surface area contributed by atoms with Crippen LogP contribution in [0.3, 0.4) is 0 Å². The molecule has 0 amide bonds. The first-order valence-corrected chi connectivity index (χ1v) is 4.95. The second-order valence-corrected chi connectivity index (χ2v) is 3.53. The lowest BCUT2D eigenvalue weighted by molar-refractivity contribution is 0.413. The Morgan fingerprint density at radius 1 is 1.69 bits per heavy atom. The molecule has 0 saturated heterocycles. The average Bonchev–Trinajstić information content (AvgIpc) is 2.24. The number of nitrogens with two attached hydrogens (primary N) is 1. The summed E-state index contributed by atoms with van der Waals surface area (Å²) in [5.74, 6) is -0.154. The van der Waals surface area contributed by atoms with Crippen molar-refractivity contribution in [1.82, 2.24) is 5.43 Å². The third-order valence-corrected chi connectivity index (χ3v) is 2.16. The molecule has 1 aromatic carbocycles. The predicted octanol–water partition coefficient (Wildman–Crippen LogP) is 1.65. The first-order chi connectivity index (χ1) is 7.56. The van der Waals surface area contributed by atoms with Gasteiger partial charge in [-0.2, -0.15) is 5.10 Å². The summed E-state index contributed by atoms with van der Waals surface area (Å²) in [5.41, 5.74) is 7.81. The van der Waals surface area contributed by atoms with Crippen LogP contribution in [-0.2, 0) is 0 Å². The number of hydrogen-bond donors (Lipinski definition) is 2. The summed E-state index contributed by atoms with van der Waals surface area (Å²) in [6.07, 6.45) is 1.28. The van der Waals surface area contributed by atoms with Gasteiger partial charge in [-0.3, -0.25) is 5.43 Å². The first-order valence-electron chi connectivity index (χ1n) is 4.16. The van der Waals surface area contributed by atoms with Crippen molar-refractivity contribution in [2.45, 2.75) is 0 Å². The zero-order valence-electron chi connectivity index (χ0n) is 8.33. The van der Waals surface area contributed by atoms with E-state index in [9.17, 15) is 4.39 Å². The van der Waals surface area contributed by atoms with Crippen molar-refractivity contribution in [3.63, 3.8) is 0 Å². The molecule has 7 heteroatoms. The molecule has 0 radical (unpaired) electrons. The van der Waals surface area contributed by atoms with Gasteiger partial charge in [0.05, 0.1) is 23.9 Å². The van der Waals surface area contributed by atoms with Gasteiger partial charge < -0.3 is 10.5 Å². The summed E-state index contributed by atoms with van der Waals surface area (Å²) in [6, 6.07) is 2.66. The molecule has 0 spiro atoms. The quantitative estimate of drug-likeness (QED) is 0.494. The van der Waals surface area contributed by atoms with E-state index in [1.807, 2.05) is 0 Å². The van der Waals surface area contributed by atoms with Crippen LogP contribution in [0.2, 0.25) is 5.02 Å². The van der Waals surface area contributed by atoms with E-state index in [1.54, 1.807) is 0 Å². The number of benzene rings is 1. The number of thiocarbonyl (C=S) groups is 1. The number of hydrogen-bond acceptors (Lipinski definition) is 3. The Kier molecular flexibility index (Phi) is 4.45. The van der Waals surface area contributed by atoms with Crippen LogP contribution < -0.4 is 15.9 Å². The summed E-state index contributed by atoms with van der Waals surface area (Å²) in [5, 5.41) is 3.61. The molecule has 0 aliphatic heterocycles. The van der Waals surface area contributed by atoms with Crippen molar-refractivity contribution in [1.29, 1.82) is 0 Å². The fourth-order valence-corrected chi connectivity index (χ4v) is 1.26. The van der Waals surface area contributed by atoms with E-state index in [1.165, 1.54) is 25.5 Å². The van der Waals surface area contributed by atoms with Gasteiger partial charge in [0.15, 0.2) is 5.11 Å². The van der Waals surface area contributed by atoms with E-state index in [-0.39, 0.29) is 10.1 Å². The molecule has 0 bridgehead atoms. The molecule has 0 fully saturated rings. The van der Waals surface area contributed by atoms with Gasteiger partial charge in [0.25, 0.3) is 0 Å². The zero-order chi connectivity index (χ0) is 12.1. The third kappa shape index (κ3) is 3.04. The van der Waals surface area contributed by atoms with Gasteiger partial charge in [-0.05, 0) is 24.4 Å². The van der Waals surface area contributed by atoms with Crippen LogP contribution >= 0.6 is 23.8 Å². The van der Waals surface area contributed by atoms with Crippen LogP contribution in [0.4, 0.5) is 4.39 Å². The largest absolute Gasteiger partial charge is 0.496 e. The third-order valence-electron chi connectivity index (χ3n) is 1.68. The maximum Gasteiger partial charge on any atom is 0.184 e. The number of methoxy groups -OCH3 is 1. The number of nitrogens with zero attached hydrogens (tertiary/aromatic N) is 1. The van der Waals surface area contributed by atoms with E-state index in [0.717, 1.165) is 0 Å². The Morgan fingerprint density at radius 2 is 2.38 bits per heavy atom. The normalized spacial score (nSPS) is 10.4. The molecule has 0 aliphatic carbocycles. The van der Waals surface area contributed by atoms with Crippen molar-refractivity contribution in [3.05, 3.63) is 28.5 Å². The smallest absolute Gasteiger partial charge is 0.184 e. The minimum absolute atomic E-state index is 0.00254. The summed E-state index contributed by atoms with van der Waals surface area (Å²) >= 11 is 10.3. The molecular weight excluding hydrogens is 253 g/mol. The molecule has 0 aromatic heterocycles. The maximum atomic E-state index is 13.2. The van der Waals surface area contributed by atoms with Crippen LogP contribution in [0.15, 0.2) is 17.2 Å². The van der Waals surface area contributed by atoms with Gasteiger partial charge in [-0.15, -0.1) is 0 Å². The Labute approximate surface area is 102 Å². The topological polar surface area (TPSA) is 59.6 Å². The number of ether oxygens (including phenoxy) is 1. The Morgan fingerprint density at radius 3 is 2.94 bits per heavy atom. The van der Waals surface area contributed by atoms with E-state index in [0.29, 0.717) is 11.3 Å². The molecule has 4 nitrogen and oxygen atoms in total. The van der Waals surface area contributed by atoms with Gasteiger partial charge in [0.1, 0.15) is 11.6 Å². The van der Waals surface area contributed by atoms with E-state index in [2.05, 4.69) is 22.7 Å². The molecule has 0 aliphatic rings. The highest BCUT2D eigenvalue weighted by Crippen LogP contribution is 2.27. The predicted molar refractivity (Wildman–Crippen MR) is 65.5 cm³/mol. The molecule has 0 atom stereocenters. The van der Waals surface area contributed by atoms with Crippen molar-refractivity contribution >= 4 is 35.1 Å². The summed E-state index contributed by atoms with van der Waals surface area (Å²) < 4.78 is 18.2.